The Morgan fingerprint density at radius 3 is 1.44 bits per heavy atom. The normalized spacial score (nSPS) is 12.0. The smallest absolute Gasteiger partial charge is 0.0875 e. The molecule has 0 aromatic carbocycles. The topological polar surface area (TPSA) is 29.5 Å². The van der Waals surface area contributed by atoms with Crippen molar-refractivity contribution >= 4 is 0 Å². The highest BCUT2D eigenvalue weighted by Crippen LogP contribution is 2.36. The average Bonchev–Trinajstić information content (AvgIpc) is 2.31. The standard InChI is InChI=1S/C14H30O2/c1-4-7-10-14(13-16-15,11-8-5-2)12-9-6-3/h15H,4-13H2,1-3H3. The SMILES string of the molecule is CCCCC(CCCC)(CCCC)COO. The maximum atomic E-state index is 8.80. The number of unbranched alkanes of at least 4 members (excludes halogenated alkanes) is 3. The summed E-state index contributed by atoms with van der Waals surface area (Å²) in [6.45, 7) is 7.20. The molecule has 0 fully saturated rings. The van der Waals surface area contributed by atoms with Crippen molar-refractivity contribution < 1.29 is 10.1 Å². The summed E-state index contributed by atoms with van der Waals surface area (Å²) in [7, 11) is 0. The van der Waals surface area contributed by atoms with Crippen LogP contribution < -0.4 is 0 Å². The molecule has 2 heteroatoms. The van der Waals surface area contributed by atoms with Crippen molar-refractivity contribution in [3.63, 3.8) is 0 Å². The van der Waals surface area contributed by atoms with Crippen molar-refractivity contribution in [1.82, 2.24) is 0 Å². The van der Waals surface area contributed by atoms with E-state index >= 15 is 0 Å². The lowest BCUT2D eigenvalue weighted by atomic mass is 9.75. The first-order valence-electron chi connectivity index (χ1n) is 7.01. The molecule has 0 aliphatic heterocycles. The van der Waals surface area contributed by atoms with Gasteiger partial charge in [-0.25, -0.2) is 4.89 Å². The molecule has 1 N–H and O–H groups in total. The molecular weight excluding hydrogens is 200 g/mol. The third-order valence-corrected chi connectivity index (χ3v) is 3.55. The van der Waals surface area contributed by atoms with Crippen molar-refractivity contribution in [2.24, 2.45) is 5.41 Å². The fourth-order valence-corrected chi connectivity index (χ4v) is 2.38. The fraction of sp³-hybridized carbons (Fsp3) is 1.00. The van der Waals surface area contributed by atoms with Crippen molar-refractivity contribution in [3.8, 4) is 0 Å². The van der Waals surface area contributed by atoms with E-state index < -0.39 is 0 Å². The van der Waals surface area contributed by atoms with Gasteiger partial charge in [-0.05, 0) is 24.7 Å². The molecule has 0 aliphatic rings. The van der Waals surface area contributed by atoms with Crippen LogP contribution in [-0.2, 0) is 4.89 Å². The van der Waals surface area contributed by atoms with Gasteiger partial charge in [0.1, 0.15) is 0 Å². The number of hydrogen-bond acceptors (Lipinski definition) is 2. The third kappa shape index (κ3) is 6.49. The van der Waals surface area contributed by atoms with E-state index in [0.29, 0.717) is 6.61 Å². The molecule has 0 saturated heterocycles. The van der Waals surface area contributed by atoms with E-state index in [-0.39, 0.29) is 5.41 Å². The van der Waals surface area contributed by atoms with Gasteiger partial charge in [0, 0.05) is 0 Å². The first-order valence-corrected chi connectivity index (χ1v) is 7.01. The predicted octanol–water partition coefficient (Wildman–Crippen LogP) is 5.03. The summed E-state index contributed by atoms with van der Waals surface area (Å²) in [4.78, 5) is 4.50. The van der Waals surface area contributed by atoms with Crippen LogP contribution in [0.1, 0.15) is 78.6 Å². The Balaban J connectivity index is 4.32. The maximum absolute atomic E-state index is 8.80. The summed E-state index contributed by atoms with van der Waals surface area (Å²) >= 11 is 0. The van der Waals surface area contributed by atoms with Crippen LogP contribution in [-0.4, -0.2) is 11.9 Å². The molecule has 98 valence electrons. The highest BCUT2D eigenvalue weighted by molar-refractivity contribution is 4.78. The molecule has 2 nitrogen and oxygen atoms in total. The molecular formula is C14H30O2. The molecule has 0 radical (unpaired) electrons. The van der Waals surface area contributed by atoms with Crippen LogP contribution >= 0.6 is 0 Å². The summed E-state index contributed by atoms with van der Waals surface area (Å²) in [5.41, 5.74) is 0.233. The van der Waals surface area contributed by atoms with Gasteiger partial charge in [-0.1, -0.05) is 59.3 Å². The van der Waals surface area contributed by atoms with Crippen molar-refractivity contribution in [1.29, 1.82) is 0 Å². The predicted molar refractivity (Wildman–Crippen MR) is 69.6 cm³/mol. The molecule has 0 amide bonds. The van der Waals surface area contributed by atoms with Crippen LogP contribution in [0.4, 0.5) is 0 Å². The van der Waals surface area contributed by atoms with E-state index in [1.807, 2.05) is 0 Å². The van der Waals surface area contributed by atoms with Gasteiger partial charge in [0.2, 0.25) is 0 Å². The Labute approximate surface area is 101 Å². The summed E-state index contributed by atoms with van der Waals surface area (Å²) in [6, 6.07) is 0. The number of hydrogen-bond donors (Lipinski definition) is 1. The Hall–Kier alpha value is -0.0800. The van der Waals surface area contributed by atoms with Crippen LogP contribution in [0.2, 0.25) is 0 Å². The molecule has 0 aliphatic carbocycles. The second-order valence-corrected chi connectivity index (χ2v) is 5.08. The maximum Gasteiger partial charge on any atom is 0.0875 e. The van der Waals surface area contributed by atoms with Gasteiger partial charge in [-0.3, -0.25) is 5.26 Å². The first-order chi connectivity index (χ1) is 7.74. The van der Waals surface area contributed by atoms with Gasteiger partial charge in [-0.15, -0.1) is 0 Å². The quantitative estimate of drug-likeness (QED) is 0.398. The second kappa shape index (κ2) is 10.1. The highest BCUT2D eigenvalue weighted by atomic mass is 17.1. The van der Waals surface area contributed by atoms with Crippen LogP contribution in [0, 0.1) is 5.41 Å². The minimum atomic E-state index is 0.233. The summed E-state index contributed by atoms with van der Waals surface area (Å²) < 4.78 is 0. The number of rotatable bonds is 11. The first kappa shape index (κ1) is 15.9. The molecule has 0 aromatic heterocycles. The summed E-state index contributed by atoms with van der Waals surface area (Å²) in [6.07, 6.45) is 11.0. The molecule has 0 aromatic rings. The van der Waals surface area contributed by atoms with E-state index in [1.54, 1.807) is 0 Å². The van der Waals surface area contributed by atoms with Crippen LogP contribution in [0.5, 0.6) is 0 Å². The van der Waals surface area contributed by atoms with Crippen molar-refractivity contribution in [2.75, 3.05) is 6.61 Å². The van der Waals surface area contributed by atoms with Crippen LogP contribution in [0.3, 0.4) is 0 Å². The molecule has 16 heavy (non-hydrogen) atoms. The largest absolute Gasteiger partial charge is 0.252 e. The van der Waals surface area contributed by atoms with Gasteiger partial charge in [0.15, 0.2) is 0 Å². The third-order valence-electron chi connectivity index (χ3n) is 3.55. The van der Waals surface area contributed by atoms with Gasteiger partial charge in [0.25, 0.3) is 0 Å². The van der Waals surface area contributed by atoms with Crippen LogP contribution in [0.25, 0.3) is 0 Å². The van der Waals surface area contributed by atoms with Gasteiger partial charge in [0.05, 0.1) is 6.61 Å². The Morgan fingerprint density at radius 2 is 1.19 bits per heavy atom. The van der Waals surface area contributed by atoms with E-state index in [9.17, 15) is 0 Å². The molecule has 0 spiro atoms. The highest BCUT2D eigenvalue weighted by Gasteiger charge is 2.28. The lowest BCUT2D eigenvalue weighted by Crippen LogP contribution is -2.27. The minimum absolute atomic E-state index is 0.233. The average molecular weight is 230 g/mol. The Kier molecular flexibility index (Phi) is 10.0. The van der Waals surface area contributed by atoms with Crippen LogP contribution in [0.15, 0.2) is 0 Å². The summed E-state index contributed by atoms with van der Waals surface area (Å²) in [5.74, 6) is 0. The molecule has 0 saturated carbocycles. The Bertz CT molecular complexity index is 124. The minimum Gasteiger partial charge on any atom is -0.252 e. The zero-order chi connectivity index (χ0) is 12.3. The zero-order valence-electron chi connectivity index (χ0n) is 11.4. The molecule has 0 atom stereocenters. The Morgan fingerprint density at radius 1 is 0.812 bits per heavy atom. The molecule has 0 bridgehead atoms. The van der Waals surface area contributed by atoms with Gasteiger partial charge in [-0.2, -0.15) is 0 Å². The van der Waals surface area contributed by atoms with Gasteiger partial charge >= 0.3 is 0 Å². The monoisotopic (exact) mass is 230 g/mol. The van der Waals surface area contributed by atoms with Crippen molar-refractivity contribution in [3.05, 3.63) is 0 Å². The lowest BCUT2D eigenvalue weighted by molar-refractivity contribution is -0.265. The fourth-order valence-electron chi connectivity index (χ4n) is 2.38. The van der Waals surface area contributed by atoms with E-state index in [1.165, 1.54) is 57.8 Å². The second-order valence-electron chi connectivity index (χ2n) is 5.08. The molecule has 0 unspecified atom stereocenters. The van der Waals surface area contributed by atoms with Gasteiger partial charge < -0.3 is 0 Å². The van der Waals surface area contributed by atoms with E-state index in [4.69, 9.17) is 5.26 Å². The summed E-state index contributed by atoms with van der Waals surface area (Å²) in [5, 5.41) is 8.80. The van der Waals surface area contributed by atoms with E-state index in [2.05, 4.69) is 25.7 Å². The molecule has 0 rings (SSSR count). The van der Waals surface area contributed by atoms with E-state index in [0.717, 1.165) is 0 Å². The van der Waals surface area contributed by atoms with Crippen molar-refractivity contribution in [2.45, 2.75) is 78.6 Å². The lowest BCUT2D eigenvalue weighted by Gasteiger charge is -2.32. The molecule has 0 heterocycles. The zero-order valence-corrected chi connectivity index (χ0v) is 11.4.